The van der Waals surface area contributed by atoms with E-state index in [-0.39, 0.29) is 18.0 Å². The fraction of sp³-hybridized carbons (Fsp3) is 0.400. The molecule has 1 aliphatic heterocycles. The van der Waals surface area contributed by atoms with Crippen LogP contribution in [0.1, 0.15) is 12.5 Å². The zero-order valence-electron chi connectivity index (χ0n) is 12.8. The lowest BCUT2D eigenvalue weighted by Gasteiger charge is -2.22. The average molecular weight is 427 g/mol. The summed E-state index contributed by atoms with van der Waals surface area (Å²) in [6.45, 7) is 4.66. The maximum Gasteiger partial charge on any atom is 0.246 e. The second kappa shape index (κ2) is 6.44. The SMILES string of the molecule is C=CC(=O)N1C[C@@H](n2nc(I)c3c(N)nccc32)C[C@@H]1COC. The summed E-state index contributed by atoms with van der Waals surface area (Å²) in [7, 11) is 1.64. The molecule has 2 atom stereocenters. The average Bonchev–Trinajstić information content (AvgIpc) is 3.09. The van der Waals surface area contributed by atoms with Crippen LogP contribution in [0.2, 0.25) is 0 Å². The van der Waals surface area contributed by atoms with Gasteiger partial charge in [-0.05, 0) is 41.2 Å². The summed E-state index contributed by atoms with van der Waals surface area (Å²) in [5.41, 5.74) is 6.91. The van der Waals surface area contributed by atoms with E-state index in [4.69, 9.17) is 10.5 Å². The lowest BCUT2D eigenvalue weighted by atomic mass is 10.2. The highest BCUT2D eigenvalue weighted by molar-refractivity contribution is 14.1. The summed E-state index contributed by atoms with van der Waals surface area (Å²) in [5, 5.41) is 5.49. The fourth-order valence-corrected chi connectivity index (χ4v) is 3.94. The Morgan fingerprint density at radius 3 is 3.13 bits per heavy atom. The number of nitrogen functional groups attached to an aromatic ring is 1. The highest BCUT2D eigenvalue weighted by Crippen LogP contribution is 2.33. The molecule has 122 valence electrons. The second-order valence-corrected chi connectivity index (χ2v) is 6.54. The Hall–Kier alpha value is -1.68. The number of likely N-dealkylation sites (tertiary alicyclic amines) is 1. The minimum Gasteiger partial charge on any atom is -0.383 e. The summed E-state index contributed by atoms with van der Waals surface area (Å²) in [5.74, 6) is 0.394. The largest absolute Gasteiger partial charge is 0.383 e. The van der Waals surface area contributed by atoms with Gasteiger partial charge in [-0.3, -0.25) is 9.48 Å². The lowest BCUT2D eigenvalue weighted by molar-refractivity contribution is -0.127. The van der Waals surface area contributed by atoms with Crippen molar-refractivity contribution >= 4 is 45.2 Å². The number of hydrogen-bond donors (Lipinski definition) is 1. The number of anilines is 1. The molecule has 2 N–H and O–H groups in total. The van der Waals surface area contributed by atoms with E-state index in [2.05, 4.69) is 39.3 Å². The van der Waals surface area contributed by atoms with Gasteiger partial charge in [0.05, 0.1) is 29.6 Å². The molecular formula is C15H18IN5O2. The van der Waals surface area contributed by atoms with Crippen molar-refractivity contribution in [1.29, 1.82) is 0 Å². The summed E-state index contributed by atoms with van der Waals surface area (Å²) in [4.78, 5) is 18.0. The molecule has 1 amide bonds. The number of halogens is 1. The predicted molar refractivity (Wildman–Crippen MR) is 95.9 cm³/mol. The first kappa shape index (κ1) is 16.2. The number of aromatic nitrogens is 3. The molecule has 3 heterocycles. The van der Waals surface area contributed by atoms with Gasteiger partial charge in [0.1, 0.15) is 9.52 Å². The first-order chi connectivity index (χ1) is 11.1. The maximum absolute atomic E-state index is 12.1. The van der Waals surface area contributed by atoms with E-state index >= 15 is 0 Å². The van der Waals surface area contributed by atoms with Crippen LogP contribution in [0.15, 0.2) is 24.9 Å². The minimum absolute atomic E-state index is 0.0200. The fourth-order valence-electron chi connectivity index (χ4n) is 3.15. The highest BCUT2D eigenvalue weighted by Gasteiger charge is 2.36. The smallest absolute Gasteiger partial charge is 0.246 e. The number of rotatable bonds is 4. The van der Waals surface area contributed by atoms with Crippen LogP contribution in [0.4, 0.5) is 5.82 Å². The quantitative estimate of drug-likeness (QED) is 0.592. The van der Waals surface area contributed by atoms with Gasteiger partial charge in [-0.2, -0.15) is 5.10 Å². The number of pyridine rings is 1. The van der Waals surface area contributed by atoms with Crippen molar-refractivity contribution in [3.05, 3.63) is 28.6 Å². The molecule has 0 radical (unpaired) electrons. The molecule has 8 heteroatoms. The van der Waals surface area contributed by atoms with Crippen molar-refractivity contribution in [2.75, 3.05) is 26.0 Å². The van der Waals surface area contributed by atoms with Crippen molar-refractivity contribution in [3.63, 3.8) is 0 Å². The van der Waals surface area contributed by atoms with Crippen molar-refractivity contribution in [2.24, 2.45) is 0 Å². The topological polar surface area (TPSA) is 86.3 Å². The summed E-state index contributed by atoms with van der Waals surface area (Å²) in [6.07, 6.45) is 3.81. The number of hydrogen-bond acceptors (Lipinski definition) is 5. The molecule has 0 saturated carbocycles. The van der Waals surface area contributed by atoms with Crippen molar-refractivity contribution in [1.82, 2.24) is 19.7 Å². The normalized spacial score (nSPS) is 21.0. The third kappa shape index (κ3) is 2.80. The van der Waals surface area contributed by atoms with Crippen LogP contribution < -0.4 is 5.73 Å². The van der Waals surface area contributed by atoms with E-state index in [1.165, 1.54) is 6.08 Å². The molecule has 0 bridgehead atoms. The third-order valence-corrected chi connectivity index (χ3v) is 4.92. The lowest BCUT2D eigenvalue weighted by Crippen LogP contribution is -2.37. The van der Waals surface area contributed by atoms with Crippen LogP contribution >= 0.6 is 22.6 Å². The van der Waals surface area contributed by atoms with Gasteiger partial charge in [0.2, 0.25) is 5.91 Å². The third-order valence-electron chi connectivity index (χ3n) is 4.16. The van der Waals surface area contributed by atoms with E-state index in [1.807, 2.05) is 10.7 Å². The number of carbonyl (C=O) groups is 1. The molecule has 7 nitrogen and oxygen atoms in total. The van der Waals surface area contributed by atoms with Crippen molar-refractivity contribution in [3.8, 4) is 0 Å². The van der Waals surface area contributed by atoms with E-state index in [1.54, 1.807) is 18.2 Å². The molecule has 0 unspecified atom stereocenters. The van der Waals surface area contributed by atoms with Gasteiger partial charge in [0.15, 0.2) is 0 Å². The van der Waals surface area contributed by atoms with E-state index in [0.717, 1.165) is 21.0 Å². The zero-order valence-corrected chi connectivity index (χ0v) is 14.9. The van der Waals surface area contributed by atoms with Crippen molar-refractivity contribution in [2.45, 2.75) is 18.5 Å². The Morgan fingerprint density at radius 2 is 2.43 bits per heavy atom. The van der Waals surface area contributed by atoms with Gasteiger partial charge >= 0.3 is 0 Å². The zero-order chi connectivity index (χ0) is 16.6. The number of carbonyl (C=O) groups excluding carboxylic acids is 1. The Labute approximate surface area is 147 Å². The second-order valence-electron chi connectivity index (χ2n) is 5.52. The van der Waals surface area contributed by atoms with Gasteiger partial charge in [-0.25, -0.2) is 4.98 Å². The Balaban J connectivity index is 1.98. The highest BCUT2D eigenvalue weighted by atomic mass is 127. The number of ether oxygens (including phenoxy) is 1. The van der Waals surface area contributed by atoms with Gasteiger partial charge < -0.3 is 15.4 Å². The van der Waals surface area contributed by atoms with E-state index < -0.39 is 0 Å². The first-order valence-corrected chi connectivity index (χ1v) is 8.34. The van der Waals surface area contributed by atoms with E-state index in [9.17, 15) is 4.79 Å². The van der Waals surface area contributed by atoms with Gasteiger partial charge in [-0.15, -0.1) is 0 Å². The molecule has 1 aliphatic rings. The Morgan fingerprint density at radius 1 is 1.65 bits per heavy atom. The minimum atomic E-state index is -0.0816. The summed E-state index contributed by atoms with van der Waals surface area (Å²) < 4.78 is 8.03. The number of nitrogens with zero attached hydrogens (tertiary/aromatic N) is 4. The van der Waals surface area contributed by atoms with Gasteiger partial charge in [0.25, 0.3) is 0 Å². The maximum atomic E-state index is 12.1. The molecule has 3 rings (SSSR count). The molecular weight excluding hydrogens is 409 g/mol. The standard InChI is InChI=1S/C15H18IN5O2/c1-3-12(22)20-7-9(6-10(20)8-23-2)21-11-4-5-18-15(17)13(11)14(16)19-21/h3-5,9-10H,1,6-8H2,2H3,(H2,17,18)/t9-,10+/m0/s1. The van der Waals surface area contributed by atoms with Crippen LogP contribution in [0.25, 0.3) is 10.9 Å². The molecule has 0 spiro atoms. The number of fused-ring (bicyclic) bond motifs is 1. The summed E-state index contributed by atoms with van der Waals surface area (Å²) in [6, 6.07) is 2.00. The van der Waals surface area contributed by atoms with Crippen LogP contribution in [-0.2, 0) is 9.53 Å². The van der Waals surface area contributed by atoms with Crippen LogP contribution in [-0.4, -0.2) is 51.9 Å². The summed E-state index contributed by atoms with van der Waals surface area (Å²) >= 11 is 2.17. The first-order valence-electron chi connectivity index (χ1n) is 7.27. The number of amides is 1. The molecule has 2 aromatic rings. The van der Waals surface area contributed by atoms with Crippen LogP contribution in [0, 0.1) is 3.70 Å². The predicted octanol–water partition coefficient (Wildman–Crippen LogP) is 1.59. The monoisotopic (exact) mass is 427 g/mol. The molecule has 2 aromatic heterocycles. The van der Waals surface area contributed by atoms with Crippen LogP contribution in [0.3, 0.4) is 0 Å². The molecule has 0 aromatic carbocycles. The molecule has 23 heavy (non-hydrogen) atoms. The molecule has 0 aliphatic carbocycles. The molecule has 1 saturated heterocycles. The Bertz CT molecular complexity index is 760. The van der Waals surface area contributed by atoms with Crippen LogP contribution in [0.5, 0.6) is 0 Å². The number of methoxy groups -OCH3 is 1. The Kier molecular flexibility index (Phi) is 4.53. The van der Waals surface area contributed by atoms with Gasteiger partial charge in [0, 0.05) is 19.9 Å². The number of nitrogens with two attached hydrogens (primary N) is 1. The van der Waals surface area contributed by atoms with Crippen molar-refractivity contribution < 1.29 is 9.53 Å². The molecule has 1 fully saturated rings. The van der Waals surface area contributed by atoms with Gasteiger partial charge in [-0.1, -0.05) is 6.58 Å². The van der Waals surface area contributed by atoms with E-state index in [0.29, 0.717) is 19.0 Å².